The van der Waals surface area contributed by atoms with E-state index in [2.05, 4.69) is 0 Å². The van der Waals surface area contributed by atoms with Crippen LogP contribution in [-0.4, -0.2) is 6.54 Å². The molecule has 1 aromatic rings. The largest absolute Gasteiger partial charge is 0.330 e. The van der Waals surface area contributed by atoms with E-state index in [1.165, 1.54) is 0 Å². The minimum Gasteiger partial charge on any atom is -0.330 e. The predicted octanol–water partition coefficient (Wildman–Crippen LogP) is 3.81. The summed E-state index contributed by atoms with van der Waals surface area (Å²) in [6.07, 6.45) is 1.62. The summed E-state index contributed by atoms with van der Waals surface area (Å²) in [7, 11) is 0. The molecule has 0 heterocycles. The van der Waals surface area contributed by atoms with Gasteiger partial charge >= 0.3 is 0 Å². The van der Waals surface area contributed by atoms with Crippen LogP contribution in [0.25, 0.3) is 0 Å². The van der Waals surface area contributed by atoms with Gasteiger partial charge in [0.25, 0.3) is 0 Å². The van der Waals surface area contributed by atoms with Crippen LogP contribution in [-0.2, 0) is 0 Å². The number of nitrogens with two attached hydrogens (primary N) is 2. The van der Waals surface area contributed by atoms with E-state index < -0.39 is 0 Å². The summed E-state index contributed by atoms with van der Waals surface area (Å²) in [5.41, 5.74) is 12.2. The van der Waals surface area contributed by atoms with Crippen molar-refractivity contribution < 1.29 is 0 Å². The summed E-state index contributed by atoms with van der Waals surface area (Å²) in [5, 5.41) is 1.45. The molecule has 0 aliphatic rings. The molecule has 0 spiro atoms. The van der Waals surface area contributed by atoms with Crippen molar-refractivity contribution in [2.24, 2.45) is 11.5 Å². The van der Waals surface area contributed by atoms with E-state index in [0.717, 1.165) is 18.4 Å². The third-order valence-corrected chi connectivity index (χ3v) is 3.17. The molecule has 0 saturated carbocycles. The highest BCUT2D eigenvalue weighted by molar-refractivity contribution is 6.43. The monoisotopic (exact) mass is 302 g/mol. The Bertz CT molecular complexity index is 344. The molecule has 0 fully saturated rings. The van der Waals surface area contributed by atoms with Crippen molar-refractivity contribution in [2.45, 2.75) is 18.9 Å². The second kappa shape index (κ2) is 7.59. The van der Waals surface area contributed by atoms with Gasteiger partial charge in [0.2, 0.25) is 0 Å². The first-order chi connectivity index (χ1) is 7.06. The maximum atomic E-state index is 6.04. The molecular formula is C10H14Cl4N2. The van der Waals surface area contributed by atoms with Crippen LogP contribution in [0.1, 0.15) is 24.4 Å². The van der Waals surface area contributed by atoms with Crippen LogP contribution >= 0.6 is 47.2 Å². The number of hydrogen-bond acceptors (Lipinski definition) is 2. The molecule has 0 aliphatic heterocycles. The fourth-order valence-electron chi connectivity index (χ4n) is 1.34. The molecule has 0 aliphatic carbocycles. The van der Waals surface area contributed by atoms with Crippen LogP contribution < -0.4 is 11.5 Å². The van der Waals surface area contributed by atoms with E-state index in [4.69, 9.17) is 46.3 Å². The third-order valence-electron chi connectivity index (χ3n) is 2.14. The first-order valence-corrected chi connectivity index (χ1v) is 5.79. The van der Waals surface area contributed by atoms with Crippen molar-refractivity contribution in [3.63, 3.8) is 0 Å². The lowest BCUT2D eigenvalue weighted by Gasteiger charge is -2.14. The minimum atomic E-state index is -0.169. The zero-order chi connectivity index (χ0) is 11.4. The highest BCUT2D eigenvalue weighted by Crippen LogP contribution is 2.33. The Kier molecular flexibility index (Phi) is 7.73. The van der Waals surface area contributed by atoms with Crippen molar-refractivity contribution >= 4 is 47.2 Å². The van der Waals surface area contributed by atoms with Crippen LogP contribution in [0.4, 0.5) is 0 Å². The van der Waals surface area contributed by atoms with Gasteiger partial charge in [-0.15, -0.1) is 12.4 Å². The highest BCUT2D eigenvalue weighted by Gasteiger charge is 2.13. The second-order valence-corrected chi connectivity index (χ2v) is 4.55. The number of hydrogen-bond donors (Lipinski definition) is 2. The lowest BCUT2D eigenvalue weighted by molar-refractivity contribution is 0.618. The smallest absolute Gasteiger partial charge is 0.0641 e. The number of rotatable bonds is 4. The van der Waals surface area contributed by atoms with Crippen molar-refractivity contribution in [3.05, 3.63) is 32.8 Å². The average molecular weight is 304 g/mol. The molecular weight excluding hydrogens is 290 g/mol. The molecule has 1 aromatic carbocycles. The van der Waals surface area contributed by atoms with Crippen molar-refractivity contribution in [1.29, 1.82) is 0 Å². The van der Waals surface area contributed by atoms with Crippen molar-refractivity contribution in [1.82, 2.24) is 0 Å². The molecule has 0 aromatic heterocycles. The summed E-state index contributed by atoms with van der Waals surface area (Å²) < 4.78 is 0. The molecule has 0 amide bonds. The second-order valence-electron chi connectivity index (χ2n) is 3.33. The Morgan fingerprint density at radius 2 is 1.81 bits per heavy atom. The maximum Gasteiger partial charge on any atom is 0.0641 e. The lowest BCUT2D eigenvalue weighted by Crippen LogP contribution is -2.13. The van der Waals surface area contributed by atoms with Gasteiger partial charge in [0.1, 0.15) is 0 Å². The molecule has 4 N–H and O–H groups in total. The molecule has 2 nitrogen and oxygen atoms in total. The number of halogens is 4. The predicted molar refractivity (Wildman–Crippen MR) is 73.9 cm³/mol. The Hall–Kier alpha value is 0.300. The first-order valence-electron chi connectivity index (χ1n) is 4.66. The van der Waals surface area contributed by atoms with Crippen LogP contribution in [0.5, 0.6) is 0 Å². The van der Waals surface area contributed by atoms with Crippen molar-refractivity contribution in [3.8, 4) is 0 Å². The summed E-state index contributed by atoms with van der Waals surface area (Å²) in [5.74, 6) is 0. The SMILES string of the molecule is Cl.NCCC[C@@H](N)c1cc(Cl)cc(Cl)c1Cl. The quantitative estimate of drug-likeness (QED) is 0.831. The van der Waals surface area contributed by atoms with E-state index in [0.29, 0.717) is 21.6 Å². The Morgan fingerprint density at radius 3 is 2.38 bits per heavy atom. The summed E-state index contributed by atoms with van der Waals surface area (Å²) >= 11 is 17.8. The first kappa shape index (κ1) is 16.3. The Labute approximate surface area is 117 Å². The molecule has 92 valence electrons. The van der Waals surface area contributed by atoms with Gasteiger partial charge in [-0.2, -0.15) is 0 Å². The molecule has 16 heavy (non-hydrogen) atoms. The van der Waals surface area contributed by atoms with Crippen LogP contribution in [0.3, 0.4) is 0 Å². The van der Waals surface area contributed by atoms with Gasteiger partial charge in [-0.05, 0) is 37.1 Å². The minimum absolute atomic E-state index is 0. The highest BCUT2D eigenvalue weighted by atomic mass is 35.5. The molecule has 0 unspecified atom stereocenters. The molecule has 0 bridgehead atoms. The van der Waals surface area contributed by atoms with Crippen molar-refractivity contribution in [2.75, 3.05) is 6.54 Å². The lowest BCUT2D eigenvalue weighted by atomic mass is 10.0. The van der Waals surface area contributed by atoms with Gasteiger partial charge in [-0.25, -0.2) is 0 Å². The van der Waals surface area contributed by atoms with E-state index in [1.54, 1.807) is 12.1 Å². The van der Waals surface area contributed by atoms with Gasteiger partial charge in [-0.3, -0.25) is 0 Å². The van der Waals surface area contributed by atoms with E-state index in [-0.39, 0.29) is 18.4 Å². The topological polar surface area (TPSA) is 52.0 Å². The summed E-state index contributed by atoms with van der Waals surface area (Å²) in [6.45, 7) is 0.611. The Morgan fingerprint density at radius 1 is 1.19 bits per heavy atom. The molecule has 6 heteroatoms. The van der Waals surface area contributed by atoms with Gasteiger partial charge < -0.3 is 11.5 Å². The zero-order valence-electron chi connectivity index (χ0n) is 8.55. The summed E-state index contributed by atoms with van der Waals surface area (Å²) in [4.78, 5) is 0. The molecule has 0 saturated heterocycles. The van der Waals surface area contributed by atoms with Gasteiger partial charge in [0.05, 0.1) is 10.0 Å². The maximum absolute atomic E-state index is 6.04. The fraction of sp³-hybridized carbons (Fsp3) is 0.400. The Balaban J connectivity index is 0.00000225. The average Bonchev–Trinajstić information content (AvgIpc) is 2.19. The van der Waals surface area contributed by atoms with Gasteiger partial charge in [-0.1, -0.05) is 34.8 Å². The van der Waals surface area contributed by atoms with E-state index >= 15 is 0 Å². The normalized spacial score (nSPS) is 12.1. The standard InChI is InChI=1S/C10H13Cl3N2.ClH/c11-6-4-7(9(15)2-1-3-14)10(13)8(12)5-6;/h4-5,9H,1-3,14-15H2;1H/t9-;/m1./s1. The molecule has 1 atom stereocenters. The summed E-state index contributed by atoms with van der Waals surface area (Å²) in [6, 6.07) is 3.18. The third kappa shape index (κ3) is 4.28. The van der Waals surface area contributed by atoms with Crippen LogP contribution in [0.15, 0.2) is 12.1 Å². The fourth-order valence-corrected chi connectivity index (χ4v) is 2.10. The van der Waals surface area contributed by atoms with Gasteiger partial charge in [0.15, 0.2) is 0 Å². The van der Waals surface area contributed by atoms with E-state index in [9.17, 15) is 0 Å². The number of benzene rings is 1. The molecule has 1 rings (SSSR count). The molecule has 0 radical (unpaired) electrons. The van der Waals surface area contributed by atoms with Crippen LogP contribution in [0, 0.1) is 0 Å². The van der Waals surface area contributed by atoms with Gasteiger partial charge in [0, 0.05) is 11.1 Å². The van der Waals surface area contributed by atoms with E-state index in [1.807, 2.05) is 0 Å². The zero-order valence-corrected chi connectivity index (χ0v) is 11.6. The van der Waals surface area contributed by atoms with Crippen LogP contribution in [0.2, 0.25) is 15.1 Å².